The van der Waals surface area contributed by atoms with E-state index in [2.05, 4.69) is 17.9 Å². The number of carbonyl (C=O) groups is 1. The Morgan fingerprint density at radius 1 is 1.38 bits per heavy atom. The second-order valence-corrected chi connectivity index (χ2v) is 4.70. The zero-order valence-electron chi connectivity index (χ0n) is 9.90. The van der Waals surface area contributed by atoms with Crippen LogP contribution in [-0.2, 0) is 0 Å². The molecule has 0 aromatic heterocycles. The second-order valence-electron chi connectivity index (χ2n) is 4.18. The fraction of sp³-hybridized carbons (Fsp3) is 0.417. The van der Waals surface area contributed by atoms with E-state index in [9.17, 15) is 4.79 Å². The second kappa shape index (κ2) is 5.92. The Balaban J connectivity index is 2.55. The first-order valence-electron chi connectivity index (χ1n) is 5.23. The first-order valence-corrected chi connectivity index (χ1v) is 5.68. The number of carbonyl (C=O) groups excluding carboxylic acids is 1. The number of nitrogens with one attached hydrogen (secondary N) is 1. The first-order chi connectivity index (χ1) is 7.49. The van der Waals surface area contributed by atoms with Crippen LogP contribution < -0.4 is 5.32 Å². The summed E-state index contributed by atoms with van der Waals surface area (Å²) in [4.78, 5) is 14.7. The number of likely N-dealkylation sites (N-methyl/N-ethyl adjacent to an activating group) is 1. The van der Waals surface area contributed by atoms with Crippen LogP contribution in [0.15, 0.2) is 29.2 Å². The molecule has 1 aromatic rings. The van der Waals surface area contributed by atoms with Crippen molar-refractivity contribution in [3.8, 4) is 0 Å². The standard InChI is InChI=1S/C12H18N2OS/c1-9(8-14(2)3)13-12(15)10-4-6-11(16)7-5-10/h4-7,9,16H,8H2,1-3H3,(H,13,15). The van der Waals surface area contributed by atoms with Gasteiger partial charge in [-0.05, 0) is 45.3 Å². The normalized spacial score (nSPS) is 12.6. The third-order valence-corrected chi connectivity index (χ3v) is 2.44. The highest BCUT2D eigenvalue weighted by atomic mass is 32.1. The Bertz CT molecular complexity index is 349. The van der Waals surface area contributed by atoms with Crippen molar-refractivity contribution < 1.29 is 4.79 Å². The van der Waals surface area contributed by atoms with E-state index < -0.39 is 0 Å². The minimum absolute atomic E-state index is 0.0392. The molecular weight excluding hydrogens is 220 g/mol. The van der Waals surface area contributed by atoms with Gasteiger partial charge >= 0.3 is 0 Å². The number of hydrogen-bond acceptors (Lipinski definition) is 3. The Hall–Kier alpha value is -1.00. The summed E-state index contributed by atoms with van der Waals surface area (Å²) in [5.41, 5.74) is 0.670. The average Bonchev–Trinajstić information content (AvgIpc) is 2.16. The van der Waals surface area contributed by atoms with Crippen molar-refractivity contribution in [2.75, 3.05) is 20.6 Å². The van der Waals surface area contributed by atoms with Crippen LogP contribution in [0.3, 0.4) is 0 Å². The molecule has 0 aliphatic rings. The lowest BCUT2D eigenvalue weighted by Gasteiger charge is -2.18. The highest BCUT2D eigenvalue weighted by Crippen LogP contribution is 2.07. The molecule has 0 spiro atoms. The molecule has 1 N–H and O–H groups in total. The van der Waals surface area contributed by atoms with E-state index in [1.807, 2.05) is 38.1 Å². The third-order valence-electron chi connectivity index (χ3n) is 2.15. The maximum absolute atomic E-state index is 11.8. The van der Waals surface area contributed by atoms with Gasteiger partial charge in [0.15, 0.2) is 0 Å². The zero-order valence-corrected chi connectivity index (χ0v) is 10.8. The molecule has 1 amide bonds. The van der Waals surface area contributed by atoms with Crippen LogP contribution in [0.1, 0.15) is 17.3 Å². The Morgan fingerprint density at radius 2 is 1.94 bits per heavy atom. The summed E-state index contributed by atoms with van der Waals surface area (Å²) in [6.45, 7) is 2.82. The van der Waals surface area contributed by atoms with Crippen LogP contribution in [-0.4, -0.2) is 37.5 Å². The third kappa shape index (κ3) is 4.24. The first kappa shape index (κ1) is 13.1. The van der Waals surface area contributed by atoms with Crippen molar-refractivity contribution in [2.24, 2.45) is 0 Å². The summed E-state index contributed by atoms with van der Waals surface area (Å²) in [6.07, 6.45) is 0. The summed E-state index contributed by atoms with van der Waals surface area (Å²) in [5.74, 6) is -0.0392. The molecule has 1 unspecified atom stereocenters. The quantitative estimate of drug-likeness (QED) is 0.782. The number of amides is 1. The summed E-state index contributed by atoms with van der Waals surface area (Å²) < 4.78 is 0. The minimum atomic E-state index is -0.0392. The summed E-state index contributed by atoms with van der Waals surface area (Å²) >= 11 is 4.18. The van der Waals surface area contributed by atoms with E-state index in [-0.39, 0.29) is 11.9 Å². The molecule has 0 fully saturated rings. The molecule has 0 saturated heterocycles. The van der Waals surface area contributed by atoms with E-state index in [0.29, 0.717) is 5.56 Å². The number of nitrogens with zero attached hydrogens (tertiary/aromatic N) is 1. The molecule has 0 bridgehead atoms. The highest BCUT2D eigenvalue weighted by Gasteiger charge is 2.09. The van der Waals surface area contributed by atoms with Gasteiger partial charge < -0.3 is 10.2 Å². The van der Waals surface area contributed by atoms with Gasteiger partial charge in [-0.3, -0.25) is 4.79 Å². The maximum Gasteiger partial charge on any atom is 0.251 e. The maximum atomic E-state index is 11.8. The monoisotopic (exact) mass is 238 g/mol. The lowest BCUT2D eigenvalue weighted by Crippen LogP contribution is -2.39. The van der Waals surface area contributed by atoms with E-state index in [0.717, 1.165) is 11.4 Å². The van der Waals surface area contributed by atoms with Crippen LogP contribution in [0.5, 0.6) is 0 Å². The van der Waals surface area contributed by atoms with E-state index in [1.165, 1.54) is 0 Å². The van der Waals surface area contributed by atoms with Crippen molar-refractivity contribution in [1.29, 1.82) is 0 Å². The number of rotatable bonds is 4. The highest BCUT2D eigenvalue weighted by molar-refractivity contribution is 7.80. The molecule has 1 atom stereocenters. The molecule has 0 saturated carbocycles. The van der Waals surface area contributed by atoms with Crippen LogP contribution in [0.25, 0.3) is 0 Å². The topological polar surface area (TPSA) is 32.3 Å². The van der Waals surface area contributed by atoms with Crippen molar-refractivity contribution in [3.63, 3.8) is 0 Å². The summed E-state index contributed by atoms with van der Waals surface area (Å²) in [6, 6.07) is 7.32. The molecule has 4 heteroatoms. The van der Waals surface area contributed by atoms with Crippen molar-refractivity contribution in [2.45, 2.75) is 17.9 Å². The number of thiol groups is 1. The molecule has 0 radical (unpaired) electrons. The molecule has 0 aliphatic carbocycles. The zero-order chi connectivity index (χ0) is 12.1. The Kier molecular flexibility index (Phi) is 4.83. The molecular formula is C12H18N2OS. The molecule has 1 aromatic carbocycles. The fourth-order valence-electron chi connectivity index (χ4n) is 1.51. The van der Waals surface area contributed by atoms with Gasteiger partial charge in [-0.25, -0.2) is 0 Å². The van der Waals surface area contributed by atoms with Crippen LogP contribution in [0.2, 0.25) is 0 Å². The van der Waals surface area contributed by atoms with Crippen LogP contribution >= 0.6 is 12.6 Å². The van der Waals surface area contributed by atoms with Crippen molar-refractivity contribution in [1.82, 2.24) is 10.2 Å². The van der Waals surface area contributed by atoms with Crippen LogP contribution in [0.4, 0.5) is 0 Å². The molecule has 0 aliphatic heterocycles. The fourth-order valence-corrected chi connectivity index (χ4v) is 1.66. The molecule has 1 rings (SSSR count). The number of benzene rings is 1. The van der Waals surface area contributed by atoms with Gasteiger partial charge in [-0.2, -0.15) is 0 Å². The summed E-state index contributed by atoms with van der Waals surface area (Å²) in [7, 11) is 3.97. The lowest BCUT2D eigenvalue weighted by atomic mass is 10.2. The predicted molar refractivity (Wildman–Crippen MR) is 69.2 cm³/mol. The molecule has 0 heterocycles. The number of hydrogen-bond donors (Lipinski definition) is 2. The van der Waals surface area contributed by atoms with Gasteiger partial charge in [-0.15, -0.1) is 12.6 Å². The van der Waals surface area contributed by atoms with Gasteiger partial charge in [0.2, 0.25) is 0 Å². The molecule has 16 heavy (non-hydrogen) atoms. The molecule has 3 nitrogen and oxygen atoms in total. The average molecular weight is 238 g/mol. The Morgan fingerprint density at radius 3 is 2.44 bits per heavy atom. The predicted octanol–water partition coefficient (Wildman–Crippen LogP) is 1.66. The smallest absolute Gasteiger partial charge is 0.251 e. The molecule has 88 valence electrons. The minimum Gasteiger partial charge on any atom is -0.348 e. The largest absolute Gasteiger partial charge is 0.348 e. The van der Waals surface area contributed by atoms with Gasteiger partial charge in [-0.1, -0.05) is 0 Å². The Labute approximate surface area is 102 Å². The van der Waals surface area contributed by atoms with Gasteiger partial charge in [0.05, 0.1) is 0 Å². The van der Waals surface area contributed by atoms with Gasteiger partial charge in [0.1, 0.15) is 0 Å². The van der Waals surface area contributed by atoms with E-state index >= 15 is 0 Å². The van der Waals surface area contributed by atoms with Crippen LogP contribution in [0, 0.1) is 0 Å². The lowest BCUT2D eigenvalue weighted by molar-refractivity contribution is 0.0934. The van der Waals surface area contributed by atoms with Gasteiger partial charge in [0, 0.05) is 23.0 Å². The van der Waals surface area contributed by atoms with E-state index in [1.54, 1.807) is 12.1 Å². The van der Waals surface area contributed by atoms with E-state index in [4.69, 9.17) is 0 Å². The van der Waals surface area contributed by atoms with Gasteiger partial charge in [0.25, 0.3) is 5.91 Å². The van der Waals surface area contributed by atoms with Crippen molar-refractivity contribution in [3.05, 3.63) is 29.8 Å². The van der Waals surface area contributed by atoms with Crippen molar-refractivity contribution >= 4 is 18.5 Å². The SMILES string of the molecule is CC(CN(C)C)NC(=O)c1ccc(S)cc1. The summed E-state index contributed by atoms with van der Waals surface area (Å²) in [5, 5.41) is 2.94.